The molecule has 0 radical (unpaired) electrons. The van der Waals surface area contributed by atoms with E-state index in [0.717, 1.165) is 62.2 Å². The van der Waals surface area contributed by atoms with Crippen molar-refractivity contribution in [2.45, 2.75) is 32.1 Å². The minimum absolute atomic E-state index is 0.00151. The molecule has 2 N–H and O–H groups in total. The lowest BCUT2D eigenvalue weighted by molar-refractivity contribution is -0.116. The molecule has 0 atom stereocenters. The van der Waals surface area contributed by atoms with E-state index >= 15 is 4.39 Å². The van der Waals surface area contributed by atoms with Gasteiger partial charge in [-0.2, -0.15) is 0 Å². The molecule has 43 heavy (non-hydrogen) atoms. The van der Waals surface area contributed by atoms with Crippen molar-refractivity contribution in [3.63, 3.8) is 0 Å². The monoisotopic (exact) mass is 585 g/mol. The molecule has 3 aromatic carbocycles. The number of carbonyl (C=O) groups excluding carboxylic acids is 2. The quantitative estimate of drug-likeness (QED) is 0.227. The lowest BCUT2D eigenvalue weighted by Crippen LogP contribution is -2.31. The number of nitrogens with zero attached hydrogens (tertiary/aromatic N) is 3. The van der Waals surface area contributed by atoms with Crippen molar-refractivity contribution in [1.29, 1.82) is 0 Å². The van der Waals surface area contributed by atoms with Crippen LogP contribution >= 0.6 is 0 Å². The Morgan fingerprint density at radius 1 is 1.05 bits per heavy atom. The average Bonchev–Trinajstić information content (AvgIpc) is 3.51. The Morgan fingerprint density at radius 3 is 2.53 bits per heavy atom. The Morgan fingerprint density at radius 2 is 1.79 bits per heavy atom. The van der Waals surface area contributed by atoms with Gasteiger partial charge in [0.1, 0.15) is 16.8 Å². The van der Waals surface area contributed by atoms with E-state index < -0.39 is 17.2 Å². The number of pyridine rings is 1. The van der Waals surface area contributed by atoms with Gasteiger partial charge in [-0.15, -0.1) is 0 Å². The second kappa shape index (κ2) is 12.1. The fraction of sp³-hybridized carbons (Fsp3) is 0.364. The van der Waals surface area contributed by atoms with Crippen LogP contribution in [0.5, 0.6) is 11.5 Å². The fourth-order valence-corrected chi connectivity index (χ4v) is 5.90. The number of anilines is 1. The van der Waals surface area contributed by atoms with Crippen molar-refractivity contribution in [1.82, 2.24) is 19.7 Å². The minimum Gasteiger partial charge on any atom is -0.451 e. The summed E-state index contributed by atoms with van der Waals surface area (Å²) < 4.78 is 23.8. The van der Waals surface area contributed by atoms with Gasteiger partial charge in [-0.25, -0.2) is 4.39 Å². The molecule has 1 saturated heterocycles. The highest BCUT2D eigenvalue weighted by molar-refractivity contribution is 6.04. The normalized spacial score (nSPS) is 14.2. The molecule has 0 saturated carbocycles. The van der Waals surface area contributed by atoms with Gasteiger partial charge in [0.05, 0.1) is 11.1 Å². The fourth-order valence-electron chi connectivity index (χ4n) is 5.90. The lowest BCUT2D eigenvalue weighted by atomic mass is 10.0. The number of fused-ring (bicyclic) bond motifs is 3. The van der Waals surface area contributed by atoms with Crippen LogP contribution in [-0.2, 0) is 4.79 Å². The molecule has 1 fully saturated rings. The highest BCUT2D eigenvalue weighted by atomic mass is 19.1. The van der Waals surface area contributed by atoms with Crippen LogP contribution in [0.25, 0.3) is 27.4 Å². The molecule has 0 aliphatic carbocycles. The summed E-state index contributed by atoms with van der Waals surface area (Å²) in [5, 5.41) is 7.41. The number of benzene rings is 3. The summed E-state index contributed by atoms with van der Waals surface area (Å²) in [6.45, 7) is 3.80. The number of unbranched alkanes of at least 4 members (excludes halogenated alkanes) is 1. The van der Waals surface area contributed by atoms with Crippen LogP contribution in [0.4, 0.5) is 10.1 Å². The molecule has 3 heterocycles. The van der Waals surface area contributed by atoms with Crippen molar-refractivity contribution in [3.8, 4) is 17.2 Å². The van der Waals surface area contributed by atoms with Crippen LogP contribution in [0.2, 0.25) is 0 Å². The van der Waals surface area contributed by atoms with Crippen LogP contribution in [0.1, 0.15) is 42.5 Å². The SMILES string of the molecule is CN(C)CCCCNC(=O)c1cn2c3c(c(NC(=O)CCN4CCCC4)c(F)cc3c1=O)Oc1cc3ccccc3cc1-2. The first-order chi connectivity index (χ1) is 20.8. The lowest BCUT2D eigenvalue weighted by Gasteiger charge is -2.26. The second-order valence-corrected chi connectivity index (χ2v) is 11.6. The topological polar surface area (TPSA) is 95.9 Å². The number of amides is 2. The summed E-state index contributed by atoms with van der Waals surface area (Å²) in [4.78, 5) is 44.2. The number of carbonyl (C=O) groups is 2. The first-order valence-corrected chi connectivity index (χ1v) is 14.9. The third-order valence-corrected chi connectivity index (χ3v) is 8.17. The summed E-state index contributed by atoms with van der Waals surface area (Å²) in [5.41, 5.74) is 0.0930. The zero-order chi connectivity index (χ0) is 30.1. The van der Waals surface area contributed by atoms with Crippen molar-refractivity contribution in [2.24, 2.45) is 0 Å². The summed E-state index contributed by atoms with van der Waals surface area (Å²) in [7, 11) is 3.98. The van der Waals surface area contributed by atoms with Crippen molar-refractivity contribution < 1.29 is 18.7 Å². The van der Waals surface area contributed by atoms with E-state index in [0.29, 0.717) is 30.0 Å². The summed E-state index contributed by atoms with van der Waals surface area (Å²) in [5.74, 6) is -1.19. The third-order valence-electron chi connectivity index (χ3n) is 8.17. The van der Waals surface area contributed by atoms with E-state index in [-0.39, 0.29) is 34.7 Å². The number of ether oxygens (including phenoxy) is 1. The number of rotatable bonds is 10. The average molecular weight is 586 g/mol. The van der Waals surface area contributed by atoms with Gasteiger partial charge in [0.15, 0.2) is 17.3 Å². The first-order valence-electron chi connectivity index (χ1n) is 14.9. The van der Waals surface area contributed by atoms with Gasteiger partial charge in [0.25, 0.3) is 5.91 Å². The van der Waals surface area contributed by atoms with Gasteiger partial charge in [0.2, 0.25) is 11.3 Å². The van der Waals surface area contributed by atoms with Gasteiger partial charge in [-0.3, -0.25) is 14.4 Å². The zero-order valence-corrected chi connectivity index (χ0v) is 24.5. The van der Waals surface area contributed by atoms with E-state index in [9.17, 15) is 14.4 Å². The van der Waals surface area contributed by atoms with Gasteiger partial charge in [0, 0.05) is 25.7 Å². The number of likely N-dealkylation sites (tertiary alicyclic amines) is 1. The molecular formula is C33H36FN5O4. The molecule has 4 aromatic rings. The molecule has 0 spiro atoms. The van der Waals surface area contributed by atoms with Gasteiger partial charge in [-0.1, -0.05) is 24.3 Å². The maximum absolute atomic E-state index is 15.8. The summed E-state index contributed by atoms with van der Waals surface area (Å²) in [6.07, 6.45) is 5.58. The Hall–Kier alpha value is -4.28. The van der Waals surface area contributed by atoms with Crippen molar-refractivity contribution >= 4 is 39.2 Å². The van der Waals surface area contributed by atoms with Gasteiger partial charge >= 0.3 is 0 Å². The highest BCUT2D eigenvalue weighted by Crippen LogP contribution is 2.46. The summed E-state index contributed by atoms with van der Waals surface area (Å²) >= 11 is 0. The number of halogens is 1. The van der Waals surface area contributed by atoms with Crippen LogP contribution < -0.4 is 20.8 Å². The molecule has 2 aliphatic heterocycles. The Balaban J connectivity index is 1.41. The van der Waals surface area contributed by atoms with Crippen LogP contribution in [0.3, 0.4) is 0 Å². The maximum Gasteiger partial charge on any atom is 0.256 e. The molecule has 10 heteroatoms. The molecule has 1 aromatic heterocycles. The Kier molecular flexibility index (Phi) is 8.14. The number of hydrogen-bond donors (Lipinski definition) is 2. The predicted octanol–water partition coefficient (Wildman–Crippen LogP) is 4.88. The Bertz CT molecular complexity index is 1780. The van der Waals surface area contributed by atoms with Crippen LogP contribution in [-0.4, -0.2) is 73.0 Å². The largest absolute Gasteiger partial charge is 0.451 e. The smallest absolute Gasteiger partial charge is 0.256 e. The molecule has 2 amide bonds. The first kappa shape index (κ1) is 28.8. The molecule has 0 unspecified atom stereocenters. The molecule has 224 valence electrons. The van der Waals surface area contributed by atoms with E-state index in [1.165, 1.54) is 6.20 Å². The number of aromatic nitrogens is 1. The van der Waals surface area contributed by atoms with E-state index in [1.54, 1.807) is 4.57 Å². The van der Waals surface area contributed by atoms with Gasteiger partial charge in [-0.05, 0) is 88.4 Å². The zero-order valence-electron chi connectivity index (χ0n) is 24.5. The molecular weight excluding hydrogens is 549 g/mol. The van der Waals surface area contributed by atoms with Crippen LogP contribution in [0, 0.1) is 5.82 Å². The standard InChI is InChI=1S/C33H36FN5O4/c1-37(2)13-6-5-12-35-33(42)24-20-39-26-17-21-9-3-4-10-22(21)18-27(26)43-32-29(25(34)19-23(30(32)39)31(24)41)36-28(40)11-16-38-14-7-8-15-38/h3-4,9-10,17-20H,5-8,11-16H2,1-2H3,(H,35,42)(H,36,40). The maximum atomic E-state index is 15.8. The highest BCUT2D eigenvalue weighted by Gasteiger charge is 2.29. The Labute approximate surface area is 249 Å². The minimum atomic E-state index is -0.800. The molecule has 6 rings (SSSR count). The van der Waals surface area contributed by atoms with Crippen LogP contribution in [0.15, 0.2) is 53.5 Å². The molecule has 2 aliphatic rings. The second-order valence-electron chi connectivity index (χ2n) is 11.6. The molecule has 9 nitrogen and oxygen atoms in total. The van der Waals surface area contributed by atoms with E-state index in [1.807, 2.05) is 50.5 Å². The van der Waals surface area contributed by atoms with Gasteiger partial charge < -0.3 is 29.7 Å². The predicted molar refractivity (Wildman–Crippen MR) is 166 cm³/mol. The number of nitrogens with one attached hydrogen (secondary N) is 2. The summed E-state index contributed by atoms with van der Waals surface area (Å²) in [6, 6.07) is 12.6. The van der Waals surface area contributed by atoms with E-state index in [2.05, 4.69) is 20.4 Å². The third kappa shape index (κ3) is 5.85. The van der Waals surface area contributed by atoms with E-state index in [4.69, 9.17) is 4.74 Å². The van der Waals surface area contributed by atoms with Crippen molar-refractivity contribution in [3.05, 3.63) is 70.3 Å². The number of hydrogen-bond acceptors (Lipinski definition) is 6. The van der Waals surface area contributed by atoms with Crippen molar-refractivity contribution in [2.75, 3.05) is 52.1 Å². The molecule has 0 bridgehead atoms.